The summed E-state index contributed by atoms with van der Waals surface area (Å²) in [5.74, 6) is 1.57. The van der Waals surface area contributed by atoms with Crippen LogP contribution in [0.25, 0.3) is 0 Å². The first-order valence-electron chi connectivity index (χ1n) is 6.40. The number of hydrogen-bond donors (Lipinski definition) is 1. The molecule has 0 saturated carbocycles. The number of carbonyl (C=O) groups is 1. The number of ether oxygens (including phenoxy) is 1. The molecule has 0 aliphatic carbocycles. The Kier molecular flexibility index (Phi) is 4.70. The lowest BCUT2D eigenvalue weighted by Crippen LogP contribution is -2.26. The van der Waals surface area contributed by atoms with E-state index in [1.807, 2.05) is 24.3 Å². The van der Waals surface area contributed by atoms with Crippen molar-refractivity contribution in [2.75, 3.05) is 14.2 Å². The van der Waals surface area contributed by atoms with Gasteiger partial charge in [-0.3, -0.25) is 9.89 Å². The van der Waals surface area contributed by atoms with Crippen molar-refractivity contribution < 1.29 is 9.53 Å². The van der Waals surface area contributed by atoms with Gasteiger partial charge in [-0.15, -0.1) is 0 Å². The van der Waals surface area contributed by atoms with Crippen LogP contribution in [0.3, 0.4) is 0 Å². The fourth-order valence-electron chi connectivity index (χ4n) is 1.89. The van der Waals surface area contributed by atoms with Gasteiger partial charge in [0.25, 0.3) is 0 Å². The Hall–Kier alpha value is -2.37. The van der Waals surface area contributed by atoms with Gasteiger partial charge in [0, 0.05) is 13.5 Å². The molecule has 0 saturated heterocycles. The van der Waals surface area contributed by atoms with Gasteiger partial charge in [0.1, 0.15) is 17.9 Å². The van der Waals surface area contributed by atoms with Crippen molar-refractivity contribution in [1.82, 2.24) is 20.1 Å². The highest BCUT2D eigenvalue weighted by Gasteiger charge is 2.10. The van der Waals surface area contributed by atoms with Crippen molar-refractivity contribution in [3.8, 4) is 5.75 Å². The molecule has 106 valence electrons. The predicted octanol–water partition coefficient (Wildman–Crippen LogP) is 1.40. The number of methoxy groups -OCH3 is 1. The first-order valence-corrected chi connectivity index (χ1v) is 6.40. The maximum Gasteiger partial charge on any atom is 0.223 e. The second-order valence-electron chi connectivity index (χ2n) is 4.53. The molecule has 0 radical (unpaired) electrons. The third kappa shape index (κ3) is 3.81. The minimum absolute atomic E-state index is 0.0734. The van der Waals surface area contributed by atoms with E-state index in [1.54, 1.807) is 19.1 Å². The van der Waals surface area contributed by atoms with Gasteiger partial charge in [-0.1, -0.05) is 12.1 Å². The fourth-order valence-corrected chi connectivity index (χ4v) is 1.89. The molecule has 0 aliphatic rings. The summed E-state index contributed by atoms with van der Waals surface area (Å²) in [6, 6.07) is 7.76. The zero-order valence-electron chi connectivity index (χ0n) is 11.7. The van der Waals surface area contributed by atoms with Crippen molar-refractivity contribution in [3.63, 3.8) is 0 Å². The highest BCUT2D eigenvalue weighted by Crippen LogP contribution is 2.14. The highest BCUT2D eigenvalue weighted by molar-refractivity contribution is 5.76. The van der Waals surface area contributed by atoms with E-state index in [-0.39, 0.29) is 5.91 Å². The zero-order valence-corrected chi connectivity index (χ0v) is 11.7. The lowest BCUT2D eigenvalue weighted by Gasteiger charge is -2.15. The lowest BCUT2D eigenvalue weighted by atomic mass is 10.1. The summed E-state index contributed by atoms with van der Waals surface area (Å²) in [7, 11) is 3.39. The van der Waals surface area contributed by atoms with Gasteiger partial charge < -0.3 is 9.64 Å². The molecule has 0 atom stereocenters. The molecular weight excluding hydrogens is 256 g/mol. The molecule has 2 rings (SSSR count). The number of hydrogen-bond acceptors (Lipinski definition) is 4. The number of nitrogens with zero attached hydrogens (tertiary/aromatic N) is 3. The number of aromatic nitrogens is 3. The third-order valence-electron chi connectivity index (χ3n) is 3.04. The maximum atomic E-state index is 12.0. The summed E-state index contributed by atoms with van der Waals surface area (Å²) >= 11 is 0. The molecule has 6 nitrogen and oxygen atoms in total. The van der Waals surface area contributed by atoms with Gasteiger partial charge in [0.15, 0.2) is 0 Å². The van der Waals surface area contributed by atoms with Crippen LogP contribution < -0.4 is 4.74 Å². The molecule has 1 heterocycles. The second kappa shape index (κ2) is 6.70. The summed E-state index contributed by atoms with van der Waals surface area (Å²) in [6.07, 6.45) is 2.58. The SMILES string of the molecule is COc1cccc(CCC(=O)N(C)Cc2ncn[nH]2)c1. The highest BCUT2D eigenvalue weighted by atomic mass is 16.5. The van der Waals surface area contributed by atoms with Crippen LogP contribution in [-0.4, -0.2) is 40.1 Å². The minimum atomic E-state index is 0.0734. The predicted molar refractivity (Wildman–Crippen MR) is 74.2 cm³/mol. The van der Waals surface area contributed by atoms with E-state index in [0.29, 0.717) is 25.2 Å². The van der Waals surface area contributed by atoms with E-state index < -0.39 is 0 Å². The Morgan fingerprint density at radius 3 is 3.00 bits per heavy atom. The molecule has 0 unspecified atom stereocenters. The Balaban J connectivity index is 1.84. The summed E-state index contributed by atoms with van der Waals surface area (Å²) in [6.45, 7) is 0.441. The van der Waals surface area contributed by atoms with Crippen LogP contribution in [0.5, 0.6) is 5.75 Å². The maximum absolute atomic E-state index is 12.0. The largest absolute Gasteiger partial charge is 0.497 e. The van der Waals surface area contributed by atoms with Crippen LogP contribution >= 0.6 is 0 Å². The Morgan fingerprint density at radius 1 is 1.45 bits per heavy atom. The standard InChI is InChI=1S/C14H18N4O2/c1-18(9-13-15-10-16-17-13)14(19)7-6-11-4-3-5-12(8-11)20-2/h3-5,8,10H,6-7,9H2,1-2H3,(H,15,16,17). The first kappa shape index (κ1) is 14.0. The van der Waals surface area contributed by atoms with E-state index >= 15 is 0 Å². The van der Waals surface area contributed by atoms with Crippen molar-refractivity contribution in [2.24, 2.45) is 0 Å². The normalized spacial score (nSPS) is 10.3. The quantitative estimate of drug-likeness (QED) is 0.864. The van der Waals surface area contributed by atoms with Crippen LogP contribution in [-0.2, 0) is 17.8 Å². The van der Waals surface area contributed by atoms with Gasteiger partial charge in [0.2, 0.25) is 5.91 Å². The molecule has 1 aromatic carbocycles. The Labute approximate surface area is 117 Å². The molecular formula is C14H18N4O2. The number of nitrogens with one attached hydrogen (secondary N) is 1. The number of benzene rings is 1. The van der Waals surface area contributed by atoms with E-state index in [1.165, 1.54) is 6.33 Å². The number of aromatic amines is 1. The zero-order chi connectivity index (χ0) is 14.4. The van der Waals surface area contributed by atoms with Gasteiger partial charge in [-0.05, 0) is 24.1 Å². The molecule has 0 spiro atoms. The molecule has 2 aromatic rings. The first-order chi connectivity index (χ1) is 9.69. The number of aryl methyl sites for hydroxylation is 1. The number of carbonyl (C=O) groups excluding carboxylic acids is 1. The monoisotopic (exact) mass is 274 g/mol. The molecule has 0 aliphatic heterocycles. The number of amides is 1. The molecule has 20 heavy (non-hydrogen) atoms. The fraction of sp³-hybridized carbons (Fsp3) is 0.357. The van der Waals surface area contributed by atoms with Crippen molar-refractivity contribution in [3.05, 3.63) is 42.0 Å². The van der Waals surface area contributed by atoms with Gasteiger partial charge >= 0.3 is 0 Å². The van der Waals surface area contributed by atoms with E-state index in [2.05, 4.69) is 15.2 Å². The van der Waals surface area contributed by atoms with Crippen molar-refractivity contribution in [1.29, 1.82) is 0 Å². The Morgan fingerprint density at radius 2 is 2.30 bits per heavy atom. The number of rotatable bonds is 6. The molecule has 0 bridgehead atoms. The van der Waals surface area contributed by atoms with Gasteiger partial charge in [-0.25, -0.2) is 4.98 Å². The molecule has 0 fully saturated rings. The molecule has 1 amide bonds. The van der Waals surface area contributed by atoms with E-state index in [4.69, 9.17) is 4.74 Å². The summed E-state index contributed by atoms with van der Waals surface area (Å²) in [5, 5.41) is 6.50. The van der Waals surface area contributed by atoms with Crippen LogP contribution in [0.2, 0.25) is 0 Å². The topological polar surface area (TPSA) is 71.1 Å². The summed E-state index contributed by atoms with van der Waals surface area (Å²) < 4.78 is 5.16. The van der Waals surface area contributed by atoms with Crippen LogP contribution in [0.1, 0.15) is 17.8 Å². The molecule has 6 heteroatoms. The van der Waals surface area contributed by atoms with Crippen molar-refractivity contribution in [2.45, 2.75) is 19.4 Å². The van der Waals surface area contributed by atoms with Crippen molar-refractivity contribution >= 4 is 5.91 Å². The average Bonchev–Trinajstić information content (AvgIpc) is 2.97. The van der Waals surface area contributed by atoms with E-state index in [0.717, 1.165) is 11.3 Å². The van der Waals surface area contributed by atoms with Gasteiger partial charge in [0.05, 0.1) is 13.7 Å². The smallest absolute Gasteiger partial charge is 0.223 e. The van der Waals surface area contributed by atoms with Gasteiger partial charge in [-0.2, -0.15) is 5.10 Å². The lowest BCUT2D eigenvalue weighted by molar-refractivity contribution is -0.130. The summed E-state index contributed by atoms with van der Waals surface area (Å²) in [4.78, 5) is 17.7. The van der Waals surface area contributed by atoms with E-state index in [9.17, 15) is 4.79 Å². The number of H-pyrrole nitrogens is 1. The molecule has 1 N–H and O–H groups in total. The second-order valence-corrected chi connectivity index (χ2v) is 4.53. The Bertz CT molecular complexity index is 554. The van der Waals surface area contributed by atoms with Crippen LogP contribution in [0.4, 0.5) is 0 Å². The van der Waals surface area contributed by atoms with Crippen LogP contribution in [0, 0.1) is 0 Å². The molecule has 1 aromatic heterocycles. The minimum Gasteiger partial charge on any atom is -0.497 e. The summed E-state index contributed by atoms with van der Waals surface area (Å²) in [5.41, 5.74) is 1.09. The van der Waals surface area contributed by atoms with Crippen LogP contribution in [0.15, 0.2) is 30.6 Å². The average molecular weight is 274 g/mol. The third-order valence-corrected chi connectivity index (χ3v) is 3.04.